The van der Waals surface area contributed by atoms with Crippen molar-refractivity contribution in [2.24, 2.45) is 0 Å². The highest BCUT2D eigenvalue weighted by atomic mass is 16.4. The minimum absolute atomic E-state index is 0.0408. The van der Waals surface area contributed by atoms with Gasteiger partial charge in [0, 0.05) is 37.6 Å². The van der Waals surface area contributed by atoms with Gasteiger partial charge in [-0.25, -0.2) is 14.8 Å². The van der Waals surface area contributed by atoms with Gasteiger partial charge in [-0.1, -0.05) is 0 Å². The van der Waals surface area contributed by atoms with Crippen molar-refractivity contribution in [3.8, 4) is 0 Å². The molecule has 20 heavy (non-hydrogen) atoms. The van der Waals surface area contributed by atoms with Crippen LogP contribution in [0.15, 0.2) is 18.5 Å². The first-order chi connectivity index (χ1) is 9.61. The van der Waals surface area contributed by atoms with Gasteiger partial charge in [0.1, 0.15) is 6.04 Å². The maximum atomic E-state index is 11.8. The molecule has 7 nitrogen and oxygen atoms in total. The van der Waals surface area contributed by atoms with Crippen LogP contribution in [0.1, 0.15) is 18.4 Å². The molecule has 1 amide bonds. The smallest absolute Gasteiger partial charge is 0.328 e. The maximum absolute atomic E-state index is 11.8. The van der Waals surface area contributed by atoms with E-state index in [0.29, 0.717) is 11.5 Å². The summed E-state index contributed by atoms with van der Waals surface area (Å²) in [5, 5.41) is 11.2. The van der Waals surface area contributed by atoms with E-state index in [-0.39, 0.29) is 11.9 Å². The van der Waals surface area contributed by atoms with E-state index in [4.69, 9.17) is 5.11 Å². The van der Waals surface area contributed by atoms with E-state index in [2.05, 4.69) is 15.3 Å². The molecule has 1 atom stereocenters. The van der Waals surface area contributed by atoms with Crippen molar-refractivity contribution in [3.63, 3.8) is 0 Å². The summed E-state index contributed by atoms with van der Waals surface area (Å²) in [6.07, 6.45) is 7.24. The standard InChI is InChI=1S/C13H16N4O3/c1-14-12(20)10-3-2-6-17(10)13-15-7-9(8-16-13)4-5-11(18)19/h4-5,7-8,10H,2-3,6H2,1H3,(H,14,20)(H,18,19)/b5-4+. The lowest BCUT2D eigenvalue weighted by Crippen LogP contribution is -2.42. The summed E-state index contributed by atoms with van der Waals surface area (Å²) < 4.78 is 0. The lowest BCUT2D eigenvalue weighted by molar-refractivity contribution is -0.131. The van der Waals surface area contributed by atoms with Crippen LogP contribution in [0.2, 0.25) is 0 Å². The van der Waals surface area contributed by atoms with Gasteiger partial charge in [-0.2, -0.15) is 0 Å². The van der Waals surface area contributed by atoms with Gasteiger partial charge in [0.25, 0.3) is 0 Å². The average molecular weight is 276 g/mol. The second-order valence-corrected chi connectivity index (χ2v) is 4.45. The molecule has 1 fully saturated rings. The number of hydrogen-bond donors (Lipinski definition) is 2. The van der Waals surface area contributed by atoms with Crippen molar-refractivity contribution in [1.29, 1.82) is 0 Å². The van der Waals surface area contributed by atoms with Crippen LogP contribution >= 0.6 is 0 Å². The Morgan fingerprint density at radius 3 is 2.75 bits per heavy atom. The zero-order valence-electron chi connectivity index (χ0n) is 11.1. The topological polar surface area (TPSA) is 95.4 Å². The van der Waals surface area contributed by atoms with E-state index in [1.807, 2.05) is 4.90 Å². The van der Waals surface area contributed by atoms with E-state index < -0.39 is 5.97 Å². The fraction of sp³-hybridized carbons (Fsp3) is 0.385. The number of nitrogens with zero attached hydrogens (tertiary/aromatic N) is 3. The predicted molar refractivity (Wildman–Crippen MR) is 73.1 cm³/mol. The Morgan fingerprint density at radius 1 is 1.45 bits per heavy atom. The highest BCUT2D eigenvalue weighted by Gasteiger charge is 2.31. The van der Waals surface area contributed by atoms with E-state index in [1.165, 1.54) is 6.08 Å². The summed E-state index contributed by atoms with van der Waals surface area (Å²) in [4.78, 5) is 32.4. The molecule has 7 heteroatoms. The first-order valence-corrected chi connectivity index (χ1v) is 6.33. The van der Waals surface area contributed by atoms with Gasteiger partial charge < -0.3 is 15.3 Å². The van der Waals surface area contributed by atoms with Gasteiger partial charge >= 0.3 is 5.97 Å². The largest absolute Gasteiger partial charge is 0.478 e. The van der Waals surface area contributed by atoms with E-state index in [0.717, 1.165) is 25.5 Å². The first kappa shape index (κ1) is 14.0. The zero-order chi connectivity index (χ0) is 14.5. The number of likely N-dealkylation sites (N-methyl/N-ethyl adjacent to an activating group) is 1. The number of carbonyl (C=O) groups is 2. The third-order valence-electron chi connectivity index (χ3n) is 3.14. The number of nitrogens with one attached hydrogen (secondary N) is 1. The minimum atomic E-state index is -1.02. The van der Waals surface area contributed by atoms with Crippen LogP contribution in [0, 0.1) is 0 Å². The SMILES string of the molecule is CNC(=O)C1CCCN1c1ncc(/C=C/C(=O)O)cn1. The molecule has 1 aliphatic rings. The van der Waals surface area contributed by atoms with Crippen molar-refractivity contribution in [1.82, 2.24) is 15.3 Å². The number of carboxylic acid groups (broad SMARTS) is 1. The van der Waals surface area contributed by atoms with Gasteiger partial charge in [-0.3, -0.25) is 4.79 Å². The molecule has 0 radical (unpaired) electrons. The maximum Gasteiger partial charge on any atom is 0.328 e. The number of amides is 1. The van der Waals surface area contributed by atoms with Gasteiger partial charge in [-0.05, 0) is 18.9 Å². The van der Waals surface area contributed by atoms with Crippen LogP contribution in [0.5, 0.6) is 0 Å². The Morgan fingerprint density at radius 2 is 2.15 bits per heavy atom. The average Bonchev–Trinajstić information content (AvgIpc) is 2.94. The third kappa shape index (κ3) is 3.11. The van der Waals surface area contributed by atoms with Gasteiger partial charge in [0.05, 0.1) is 0 Å². The Hall–Kier alpha value is -2.44. The Kier molecular flexibility index (Phi) is 4.29. The molecule has 1 saturated heterocycles. The highest BCUT2D eigenvalue weighted by Crippen LogP contribution is 2.22. The summed E-state index contributed by atoms with van der Waals surface area (Å²) in [7, 11) is 1.61. The molecule has 0 bridgehead atoms. The molecule has 1 aromatic heterocycles. The second-order valence-electron chi connectivity index (χ2n) is 4.45. The molecule has 1 aromatic rings. The summed E-state index contributed by atoms with van der Waals surface area (Å²) in [5.74, 6) is -0.571. The molecule has 1 unspecified atom stereocenters. The summed E-state index contributed by atoms with van der Waals surface area (Å²) in [6, 6.07) is -0.236. The lowest BCUT2D eigenvalue weighted by atomic mass is 10.2. The van der Waals surface area contributed by atoms with Crippen LogP contribution < -0.4 is 10.2 Å². The van der Waals surface area contributed by atoms with Gasteiger partial charge in [0.15, 0.2) is 0 Å². The summed E-state index contributed by atoms with van der Waals surface area (Å²) >= 11 is 0. The fourth-order valence-electron chi connectivity index (χ4n) is 2.18. The Balaban J connectivity index is 2.13. The number of carbonyl (C=O) groups excluding carboxylic acids is 1. The van der Waals surface area contributed by atoms with Crippen molar-refractivity contribution in [3.05, 3.63) is 24.0 Å². The number of anilines is 1. The quantitative estimate of drug-likeness (QED) is 0.767. The molecular weight excluding hydrogens is 260 g/mol. The highest BCUT2D eigenvalue weighted by molar-refractivity contribution is 5.85. The predicted octanol–water partition coefficient (Wildman–Crippen LogP) is 0.289. The monoisotopic (exact) mass is 276 g/mol. The molecule has 106 valence electrons. The van der Waals surface area contributed by atoms with Crippen molar-refractivity contribution in [2.45, 2.75) is 18.9 Å². The fourth-order valence-corrected chi connectivity index (χ4v) is 2.18. The van der Waals surface area contributed by atoms with Crippen LogP contribution in [0.3, 0.4) is 0 Å². The number of aliphatic carboxylic acids is 1. The van der Waals surface area contributed by atoms with Crippen LogP contribution in [0.4, 0.5) is 5.95 Å². The molecule has 1 aliphatic heterocycles. The summed E-state index contributed by atoms with van der Waals surface area (Å²) in [6.45, 7) is 0.738. The van der Waals surface area contributed by atoms with Crippen LogP contribution in [-0.4, -0.2) is 46.6 Å². The minimum Gasteiger partial charge on any atom is -0.478 e. The van der Waals surface area contributed by atoms with E-state index >= 15 is 0 Å². The van der Waals surface area contributed by atoms with Crippen molar-refractivity contribution >= 4 is 23.9 Å². The molecule has 0 aliphatic carbocycles. The Bertz CT molecular complexity index is 527. The van der Waals surface area contributed by atoms with E-state index in [9.17, 15) is 9.59 Å². The third-order valence-corrected chi connectivity index (χ3v) is 3.14. The lowest BCUT2D eigenvalue weighted by Gasteiger charge is -2.22. The van der Waals surface area contributed by atoms with E-state index in [1.54, 1.807) is 19.4 Å². The normalized spacial score (nSPS) is 18.4. The number of rotatable bonds is 4. The molecule has 2 rings (SSSR count). The molecule has 0 spiro atoms. The van der Waals surface area contributed by atoms with Crippen LogP contribution in [-0.2, 0) is 9.59 Å². The molecular formula is C13H16N4O3. The first-order valence-electron chi connectivity index (χ1n) is 6.33. The zero-order valence-corrected chi connectivity index (χ0v) is 11.1. The van der Waals surface area contributed by atoms with Crippen molar-refractivity contribution < 1.29 is 14.7 Å². The Labute approximate surface area is 116 Å². The number of hydrogen-bond acceptors (Lipinski definition) is 5. The molecule has 0 saturated carbocycles. The second kappa shape index (κ2) is 6.14. The van der Waals surface area contributed by atoms with Gasteiger partial charge in [-0.15, -0.1) is 0 Å². The molecule has 2 heterocycles. The number of aromatic nitrogens is 2. The molecule has 0 aromatic carbocycles. The summed E-state index contributed by atoms with van der Waals surface area (Å²) in [5.41, 5.74) is 0.604. The van der Waals surface area contributed by atoms with Gasteiger partial charge in [0.2, 0.25) is 11.9 Å². The number of carboxylic acids is 1. The van der Waals surface area contributed by atoms with Crippen LogP contribution in [0.25, 0.3) is 6.08 Å². The molecule has 2 N–H and O–H groups in total. The van der Waals surface area contributed by atoms with Crippen molar-refractivity contribution in [2.75, 3.05) is 18.5 Å².